The molecular weight excluding hydrogens is 281 g/mol. The topological polar surface area (TPSA) is 69.4 Å². The third-order valence-electron chi connectivity index (χ3n) is 2.77. The molecule has 0 atom stereocenters. The standard InChI is InChI=1S/C14H14FNO3S/c1-9-7-10(3-5-12(9)15)19-14-6-4-11(8-13(14)16)20(2,17)18/h3-8H,16H2,1-2H3. The normalized spacial score (nSPS) is 11.3. The smallest absolute Gasteiger partial charge is 0.175 e. The summed E-state index contributed by atoms with van der Waals surface area (Å²) in [5.41, 5.74) is 6.43. The quantitative estimate of drug-likeness (QED) is 0.884. The number of hydrogen-bond donors (Lipinski definition) is 1. The van der Waals surface area contributed by atoms with Crippen molar-refractivity contribution in [3.05, 3.63) is 47.8 Å². The monoisotopic (exact) mass is 295 g/mol. The molecule has 6 heteroatoms. The van der Waals surface area contributed by atoms with Crippen LogP contribution in [0, 0.1) is 12.7 Å². The first-order chi connectivity index (χ1) is 9.27. The zero-order chi connectivity index (χ0) is 14.9. The van der Waals surface area contributed by atoms with Gasteiger partial charge in [0.05, 0.1) is 10.6 Å². The molecule has 0 heterocycles. The predicted molar refractivity (Wildman–Crippen MR) is 75.2 cm³/mol. The molecule has 0 aliphatic heterocycles. The van der Waals surface area contributed by atoms with Crippen LogP contribution in [0.3, 0.4) is 0 Å². The van der Waals surface area contributed by atoms with Crippen molar-refractivity contribution in [2.24, 2.45) is 0 Å². The van der Waals surface area contributed by atoms with Crippen molar-refractivity contribution in [1.29, 1.82) is 0 Å². The molecule has 20 heavy (non-hydrogen) atoms. The van der Waals surface area contributed by atoms with Crippen LogP contribution in [0.15, 0.2) is 41.3 Å². The van der Waals surface area contributed by atoms with E-state index in [1.54, 1.807) is 13.0 Å². The lowest BCUT2D eigenvalue weighted by atomic mass is 10.2. The summed E-state index contributed by atoms with van der Waals surface area (Å²) in [4.78, 5) is 0.123. The second-order valence-corrected chi connectivity index (χ2v) is 6.50. The van der Waals surface area contributed by atoms with E-state index in [0.717, 1.165) is 6.26 Å². The number of sulfone groups is 1. The molecular formula is C14H14FNO3S. The van der Waals surface area contributed by atoms with Crippen molar-refractivity contribution in [2.45, 2.75) is 11.8 Å². The van der Waals surface area contributed by atoms with Crippen LogP contribution >= 0.6 is 0 Å². The van der Waals surface area contributed by atoms with Crippen LogP contribution in [0.1, 0.15) is 5.56 Å². The van der Waals surface area contributed by atoms with Crippen molar-refractivity contribution in [3.8, 4) is 11.5 Å². The Bertz CT molecular complexity index is 757. The van der Waals surface area contributed by atoms with E-state index in [4.69, 9.17) is 10.5 Å². The molecule has 0 unspecified atom stereocenters. The minimum Gasteiger partial charge on any atom is -0.455 e. The molecule has 2 aromatic carbocycles. The lowest BCUT2D eigenvalue weighted by molar-refractivity contribution is 0.481. The Balaban J connectivity index is 2.32. The first-order valence-electron chi connectivity index (χ1n) is 5.81. The fraction of sp³-hybridized carbons (Fsp3) is 0.143. The number of benzene rings is 2. The summed E-state index contributed by atoms with van der Waals surface area (Å²) in [7, 11) is -3.31. The first-order valence-corrected chi connectivity index (χ1v) is 7.70. The van der Waals surface area contributed by atoms with E-state index in [9.17, 15) is 12.8 Å². The van der Waals surface area contributed by atoms with Gasteiger partial charge in [-0.25, -0.2) is 12.8 Å². The molecule has 0 bridgehead atoms. The maximum atomic E-state index is 13.2. The van der Waals surface area contributed by atoms with Crippen LogP contribution in [0.4, 0.5) is 10.1 Å². The molecule has 0 aliphatic carbocycles. The van der Waals surface area contributed by atoms with E-state index < -0.39 is 9.84 Å². The number of rotatable bonds is 3. The van der Waals surface area contributed by atoms with Crippen molar-refractivity contribution in [2.75, 3.05) is 12.0 Å². The van der Waals surface area contributed by atoms with Crippen molar-refractivity contribution in [3.63, 3.8) is 0 Å². The number of aryl methyl sites for hydroxylation is 1. The maximum absolute atomic E-state index is 13.2. The van der Waals surface area contributed by atoms with Gasteiger partial charge in [-0.15, -0.1) is 0 Å². The molecule has 0 amide bonds. The fourth-order valence-electron chi connectivity index (χ4n) is 1.66. The highest BCUT2D eigenvalue weighted by Crippen LogP contribution is 2.30. The van der Waals surface area contributed by atoms with Gasteiger partial charge in [-0.2, -0.15) is 0 Å². The number of hydrogen-bond acceptors (Lipinski definition) is 4. The Hall–Kier alpha value is -2.08. The fourth-order valence-corrected chi connectivity index (χ4v) is 2.31. The molecule has 2 N–H and O–H groups in total. The summed E-state index contributed by atoms with van der Waals surface area (Å²) in [5, 5.41) is 0. The van der Waals surface area contributed by atoms with Crippen LogP contribution in [0.25, 0.3) is 0 Å². The van der Waals surface area contributed by atoms with Crippen LogP contribution in [-0.2, 0) is 9.84 Å². The Kier molecular flexibility index (Phi) is 3.67. The van der Waals surface area contributed by atoms with Crippen LogP contribution in [0.5, 0.6) is 11.5 Å². The maximum Gasteiger partial charge on any atom is 0.175 e. The minimum absolute atomic E-state index is 0.123. The Labute approximate surface area is 116 Å². The van der Waals surface area contributed by atoms with Crippen LogP contribution in [0.2, 0.25) is 0 Å². The van der Waals surface area contributed by atoms with Gasteiger partial charge in [0.2, 0.25) is 0 Å². The predicted octanol–water partition coefficient (Wildman–Crippen LogP) is 2.91. The SMILES string of the molecule is Cc1cc(Oc2ccc(S(C)(=O)=O)cc2N)ccc1F. The molecule has 0 fully saturated rings. The van der Waals surface area contributed by atoms with Gasteiger partial charge >= 0.3 is 0 Å². The summed E-state index contributed by atoms with van der Waals surface area (Å²) < 4.78 is 41.5. The number of nitrogens with two attached hydrogens (primary N) is 1. The number of anilines is 1. The van der Waals surface area contributed by atoms with Crippen molar-refractivity contribution >= 4 is 15.5 Å². The summed E-state index contributed by atoms with van der Waals surface area (Å²) in [6.45, 7) is 1.62. The third-order valence-corrected chi connectivity index (χ3v) is 3.88. The minimum atomic E-state index is -3.31. The zero-order valence-corrected chi connectivity index (χ0v) is 11.9. The molecule has 0 aromatic heterocycles. The molecule has 106 valence electrons. The van der Waals surface area contributed by atoms with Gasteiger partial charge in [0.1, 0.15) is 17.3 Å². The lowest BCUT2D eigenvalue weighted by Gasteiger charge is -2.10. The van der Waals surface area contributed by atoms with Gasteiger partial charge in [-0.05, 0) is 48.9 Å². The Morgan fingerprint density at radius 3 is 2.40 bits per heavy atom. The summed E-state index contributed by atoms with van der Waals surface area (Å²) in [6, 6.07) is 8.54. The Morgan fingerprint density at radius 2 is 1.85 bits per heavy atom. The lowest BCUT2D eigenvalue weighted by Crippen LogP contribution is -2.00. The molecule has 0 spiro atoms. The van der Waals surface area contributed by atoms with Gasteiger partial charge in [-0.1, -0.05) is 0 Å². The number of nitrogen functional groups attached to an aromatic ring is 1. The van der Waals surface area contributed by atoms with Crippen molar-refractivity contribution in [1.82, 2.24) is 0 Å². The average molecular weight is 295 g/mol. The van der Waals surface area contributed by atoms with E-state index in [1.807, 2.05) is 0 Å². The van der Waals surface area contributed by atoms with Gasteiger partial charge in [-0.3, -0.25) is 0 Å². The Morgan fingerprint density at radius 1 is 1.15 bits per heavy atom. The number of halogens is 1. The molecule has 0 saturated carbocycles. The average Bonchev–Trinajstić information content (AvgIpc) is 2.35. The highest BCUT2D eigenvalue weighted by molar-refractivity contribution is 7.90. The van der Waals surface area contributed by atoms with E-state index in [2.05, 4.69) is 0 Å². The largest absolute Gasteiger partial charge is 0.455 e. The molecule has 4 nitrogen and oxygen atoms in total. The van der Waals surface area contributed by atoms with E-state index in [0.29, 0.717) is 17.1 Å². The summed E-state index contributed by atoms with van der Waals surface area (Å²) >= 11 is 0. The number of ether oxygens (including phenoxy) is 1. The molecule has 2 aromatic rings. The molecule has 0 saturated heterocycles. The van der Waals surface area contributed by atoms with E-state index in [1.165, 1.54) is 30.3 Å². The third kappa shape index (κ3) is 3.08. The first kappa shape index (κ1) is 14.3. The van der Waals surface area contributed by atoms with Crippen LogP contribution < -0.4 is 10.5 Å². The van der Waals surface area contributed by atoms with Gasteiger partial charge in [0.15, 0.2) is 9.84 Å². The second kappa shape index (κ2) is 5.13. The zero-order valence-electron chi connectivity index (χ0n) is 11.1. The van der Waals surface area contributed by atoms with Crippen molar-refractivity contribution < 1.29 is 17.5 Å². The van der Waals surface area contributed by atoms with Gasteiger partial charge in [0, 0.05) is 6.26 Å². The van der Waals surface area contributed by atoms with Crippen LogP contribution in [-0.4, -0.2) is 14.7 Å². The van der Waals surface area contributed by atoms with Gasteiger partial charge in [0.25, 0.3) is 0 Å². The summed E-state index contributed by atoms with van der Waals surface area (Å²) in [6.07, 6.45) is 1.10. The highest BCUT2D eigenvalue weighted by atomic mass is 32.2. The molecule has 2 rings (SSSR count). The molecule has 0 radical (unpaired) electrons. The van der Waals surface area contributed by atoms with E-state index in [-0.39, 0.29) is 16.4 Å². The van der Waals surface area contributed by atoms with E-state index >= 15 is 0 Å². The highest BCUT2D eigenvalue weighted by Gasteiger charge is 2.11. The molecule has 0 aliphatic rings. The van der Waals surface area contributed by atoms with Gasteiger partial charge < -0.3 is 10.5 Å². The second-order valence-electron chi connectivity index (χ2n) is 4.48. The summed E-state index contributed by atoms with van der Waals surface area (Å²) in [5.74, 6) is 0.434.